The summed E-state index contributed by atoms with van der Waals surface area (Å²) in [6.07, 6.45) is 0.638. The number of halogens is 2. The van der Waals surface area contributed by atoms with Gasteiger partial charge in [0.05, 0.1) is 5.69 Å². The maximum Gasteiger partial charge on any atom is 0.247 e. The van der Waals surface area contributed by atoms with E-state index in [0.29, 0.717) is 18.5 Å². The van der Waals surface area contributed by atoms with Gasteiger partial charge in [-0.1, -0.05) is 30.3 Å². The highest BCUT2D eigenvalue weighted by Crippen LogP contribution is 2.49. The standard InChI is InChI=1S/C24H20F2N2O3/c25-17-6-8-18(9-7-17)28(23(30)24(12-13-24)22(27)29)19-10-11-21(20(26)14-19)31-15-16-4-2-1-3-5-16/h1-11,14H,12-13,15H2,(H2,27,29). The minimum Gasteiger partial charge on any atom is -0.486 e. The number of primary amides is 1. The highest BCUT2D eigenvalue weighted by Gasteiger charge is 2.57. The summed E-state index contributed by atoms with van der Waals surface area (Å²) in [6.45, 7) is 0.183. The molecule has 2 amide bonds. The minimum absolute atomic E-state index is 0.0233. The van der Waals surface area contributed by atoms with Crippen LogP contribution in [-0.4, -0.2) is 11.8 Å². The van der Waals surface area contributed by atoms with Gasteiger partial charge in [-0.25, -0.2) is 8.78 Å². The van der Waals surface area contributed by atoms with E-state index in [2.05, 4.69) is 0 Å². The van der Waals surface area contributed by atoms with Gasteiger partial charge in [0.2, 0.25) is 11.8 Å². The lowest BCUT2D eigenvalue weighted by atomic mass is 10.0. The monoisotopic (exact) mass is 422 g/mol. The van der Waals surface area contributed by atoms with E-state index < -0.39 is 28.9 Å². The average Bonchev–Trinajstić information content (AvgIpc) is 3.58. The van der Waals surface area contributed by atoms with Gasteiger partial charge in [-0.05, 0) is 54.8 Å². The van der Waals surface area contributed by atoms with Crippen molar-refractivity contribution in [3.05, 3.63) is 90.0 Å². The van der Waals surface area contributed by atoms with Crippen molar-refractivity contribution < 1.29 is 23.1 Å². The highest BCUT2D eigenvalue weighted by molar-refractivity contribution is 6.16. The lowest BCUT2D eigenvalue weighted by Crippen LogP contribution is -2.41. The van der Waals surface area contributed by atoms with E-state index in [1.165, 1.54) is 41.3 Å². The Morgan fingerprint density at radius 2 is 1.58 bits per heavy atom. The second-order valence-corrected chi connectivity index (χ2v) is 7.45. The third-order valence-corrected chi connectivity index (χ3v) is 5.33. The Morgan fingerprint density at radius 3 is 2.16 bits per heavy atom. The number of nitrogens with zero attached hydrogens (tertiary/aromatic N) is 1. The molecular formula is C24H20F2N2O3. The summed E-state index contributed by atoms with van der Waals surface area (Å²) in [5.74, 6) is -2.42. The predicted molar refractivity (Wildman–Crippen MR) is 112 cm³/mol. The van der Waals surface area contributed by atoms with Crippen molar-refractivity contribution in [3.8, 4) is 5.75 Å². The van der Waals surface area contributed by atoms with Gasteiger partial charge in [0.25, 0.3) is 0 Å². The maximum atomic E-state index is 14.8. The van der Waals surface area contributed by atoms with Gasteiger partial charge in [0.15, 0.2) is 11.6 Å². The maximum absolute atomic E-state index is 14.8. The van der Waals surface area contributed by atoms with Crippen LogP contribution in [0.2, 0.25) is 0 Å². The van der Waals surface area contributed by atoms with Crippen molar-refractivity contribution in [2.45, 2.75) is 19.4 Å². The fraction of sp³-hybridized carbons (Fsp3) is 0.167. The molecule has 0 heterocycles. The van der Waals surface area contributed by atoms with Crippen LogP contribution in [0.3, 0.4) is 0 Å². The fourth-order valence-corrected chi connectivity index (χ4v) is 3.36. The lowest BCUT2D eigenvalue weighted by molar-refractivity contribution is -0.133. The van der Waals surface area contributed by atoms with Crippen molar-refractivity contribution in [1.82, 2.24) is 0 Å². The van der Waals surface area contributed by atoms with Crippen molar-refractivity contribution in [2.24, 2.45) is 11.1 Å². The molecule has 0 aliphatic heterocycles. The van der Waals surface area contributed by atoms with E-state index in [9.17, 15) is 18.4 Å². The Hall–Kier alpha value is -3.74. The third-order valence-electron chi connectivity index (χ3n) is 5.33. The first-order valence-electron chi connectivity index (χ1n) is 9.77. The van der Waals surface area contributed by atoms with E-state index in [-0.39, 0.29) is 18.0 Å². The molecule has 0 saturated heterocycles. The highest BCUT2D eigenvalue weighted by atomic mass is 19.1. The number of rotatable bonds is 7. The first-order chi connectivity index (χ1) is 14.9. The van der Waals surface area contributed by atoms with E-state index in [1.54, 1.807) is 0 Å². The topological polar surface area (TPSA) is 72.6 Å². The summed E-state index contributed by atoms with van der Waals surface area (Å²) in [5.41, 5.74) is 5.51. The number of anilines is 2. The van der Waals surface area contributed by atoms with Crippen LogP contribution in [0, 0.1) is 17.0 Å². The molecular weight excluding hydrogens is 402 g/mol. The summed E-state index contributed by atoms with van der Waals surface area (Å²) >= 11 is 0. The average molecular weight is 422 g/mol. The number of carbonyl (C=O) groups is 2. The van der Waals surface area contributed by atoms with Crippen molar-refractivity contribution in [1.29, 1.82) is 0 Å². The number of ether oxygens (including phenoxy) is 1. The van der Waals surface area contributed by atoms with E-state index in [1.807, 2.05) is 30.3 Å². The van der Waals surface area contributed by atoms with Crippen LogP contribution in [0.5, 0.6) is 5.75 Å². The molecule has 1 fully saturated rings. The Balaban J connectivity index is 1.65. The van der Waals surface area contributed by atoms with Gasteiger partial charge < -0.3 is 10.5 Å². The SMILES string of the molecule is NC(=O)C1(C(=O)N(c2ccc(F)cc2)c2ccc(OCc3ccccc3)c(F)c2)CC1. The molecule has 0 atom stereocenters. The van der Waals surface area contributed by atoms with Crippen LogP contribution in [-0.2, 0) is 16.2 Å². The van der Waals surface area contributed by atoms with Crippen LogP contribution in [0.25, 0.3) is 0 Å². The van der Waals surface area contributed by atoms with Gasteiger partial charge in [0.1, 0.15) is 17.8 Å². The molecule has 1 aliphatic rings. The zero-order valence-electron chi connectivity index (χ0n) is 16.6. The van der Waals surface area contributed by atoms with Gasteiger partial charge in [-0.15, -0.1) is 0 Å². The molecule has 0 radical (unpaired) electrons. The van der Waals surface area contributed by atoms with Gasteiger partial charge in [-0.3, -0.25) is 14.5 Å². The number of amides is 2. The Bertz CT molecular complexity index is 1110. The number of nitrogens with two attached hydrogens (primary N) is 1. The number of carbonyl (C=O) groups excluding carboxylic acids is 2. The first-order valence-corrected chi connectivity index (χ1v) is 9.77. The molecule has 3 aromatic rings. The normalized spacial score (nSPS) is 14.0. The second-order valence-electron chi connectivity index (χ2n) is 7.45. The summed E-state index contributed by atoms with van der Waals surface area (Å²) < 4.78 is 33.8. The Labute approximate surface area is 178 Å². The minimum atomic E-state index is -1.33. The molecule has 31 heavy (non-hydrogen) atoms. The molecule has 0 spiro atoms. The van der Waals surface area contributed by atoms with Gasteiger partial charge in [0, 0.05) is 11.8 Å². The number of benzene rings is 3. The van der Waals surface area contributed by atoms with Crippen LogP contribution in [0.15, 0.2) is 72.8 Å². The summed E-state index contributed by atoms with van der Waals surface area (Å²) in [4.78, 5) is 26.3. The smallest absolute Gasteiger partial charge is 0.247 e. The molecule has 2 N–H and O–H groups in total. The molecule has 0 bridgehead atoms. The van der Waals surface area contributed by atoms with Crippen molar-refractivity contribution in [3.63, 3.8) is 0 Å². The third kappa shape index (κ3) is 4.12. The molecule has 4 rings (SSSR count). The zero-order valence-corrected chi connectivity index (χ0v) is 16.6. The molecule has 0 unspecified atom stereocenters. The fourth-order valence-electron chi connectivity index (χ4n) is 3.36. The van der Waals surface area contributed by atoms with Gasteiger partial charge in [-0.2, -0.15) is 0 Å². The molecule has 1 aliphatic carbocycles. The van der Waals surface area contributed by atoms with Crippen LogP contribution < -0.4 is 15.4 Å². The first kappa shape index (κ1) is 20.5. The predicted octanol–water partition coefficient (Wildman–Crippen LogP) is 4.47. The van der Waals surface area contributed by atoms with Crippen LogP contribution in [0.1, 0.15) is 18.4 Å². The Kier molecular flexibility index (Phi) is 5.42. The van der Waals surface area contributed by atoms with E-state index in [4.69, 9.17) is 10.5 Å². The van der Waals surface area contributed by atoms with Crippen molar-refractivity contribution in [2.75, 3.05) is 4.90 Å². The quantitative estimate of drug-likeness (QED) is 0.571. The largest absolute Gasteiger partial charge is 0.486 e. The van der Waals surface area contributed by atoms with Gasteiger partial charge >= 0.3 is 0 Å². The number of hydrogen-bond acceptors (Lipinski definition) is 3. The second kappa shape index (κ2) is 8.18. The van der Waals surface area contributed by atoms with Crippen molar-refractivity contribution >= 4 is 23.2 Å². The van der Waals surface area contributed by atoms with Crippen LogP contribution >= 0.6 is 0 Å². The van der Waals surface area contributed by atoms with Crippen LogP contribution in [0.4, 0.5) is 20.2 Å². The lowest BCUT2D eigenvalue weighted by Gasteiger charge is -2.26. The summed E-state index contributed by atoms with van der Waals surface area (Å²) in [5, 5.41) is 0. The Morgan fingerprint density at radius 1 is 0.935 bits per heavy atom. The summed E-state index contributed by atoms with van der Waals surface area (Å²) in [7, 11) is 0. The molecule has 7 heteroatoms. The zero-order chi connectivity index (χ0) is 22.0. The molecule has 3 aromatic carbocycles. The number of hydrogen-bond donors (Lipinski definition) is 1. The molecule has 5 nitrogen and oxygen atoms in total. The van der Waals surface area contributed by atoms with E-state index in [0.717, 1.165) is 11.6 Å². The van der Waals surface area contributed by atoms with E-state index >= 15 is 0 Å². The molecule has 158 valence electrons. The molecule has 1 saturated carbocycles. The summed E-state index contributed by atoms with van der Waals surface area (Å²) in [6, 6.07) is 18.6. The molecule has 0 aromatic heterocycles.